The summed E-state index contributed by atoms with van der Waals surface area (Å²) in [6.45, 7) is 0.511. The van der Waals surface area contributed by atoms with Crippen molar-refractivity contribution < 1.29 is 9.59 Å². The topological polar surface area (TPSA) is 131 Å². The van der Waals surface area contributed by atoms with Crippen molar-refractivity contribution in [2.45, 2.75) is 31.8 Å². The maximum absolute atomic E-state index is 11.9. The molecule has 1 saturated carbocycles. The van der Waals surface area contributed by atoms with Gasteiger partial charge in [0.2, 0.25) is 17.8 Å². The van der Waals surface area contributed by atoms with Gasteiger partial charge in [-0.25, -0.2) is 4.98 Å². The second kappa shape index (κ2) is 6.69. The first-order valence-electron chi connectivity index (χ1n) is 9.33. The van der Waals surface area contributed by atoms with E-state index in [1.54, 1.807) is 29.3 Å². The van der Waals surface area contributed by atoms with Gasteiger partial charge >= 0.3 is 0 Å². The number of imide groups is 1. The molecular weight excluding hydrogens is 374 g/mol. The molecule has 0 spiro atoms. The van der Waals surface area contributed by atoms with E-state index in [4.69, 9.17) is 0 Å². The zero-order chi connectivity index (χ0) is 20.0. The monoisotopic (exact) mass is 393 g/mol. The zero-order valence-corrected chi connectivity index (χ0v) is 15.7. The Morgan fingerprint density at radius 3 is 2.83 bits per heavy atom. The van der Waals surface area contributed by atoms with Crippen LogP contribution in [0.15, 0.2) is 24.3 Å². The summed E-state index contributed by atoms with van der Waals surface area (Å²) in [5, 5.41) is 13.3. The highest BCUT2D eigenvalue weighted by Crippen LogP contribution is 2.26. The maximum Gasteiger partial charge on any atom is 0.254 e. The molecule has 3 N–H and O–H groups in total. The van der Waals surface area contributed by atoms with Crippen molar-refractivity contribution >= 4 is 35.4 Å². The number of hydrogen-bond acceptors (Lipinski definition) is 8. The average molecular weight is 393 g/mol. The maximum atomic E-state index is 11.9. The molecule has 3 aromatic rings. The van der Waals surface area contributed by atoms with Crippen LogP contribution in [0.5, 0.6) is 0 Å². The third-order valence-electron chi connectivity index (χ3n) is 4.88. The molecule has 5 rings (SSSR count). The molecule has 0 bridgehead atoms. The van der Waals surface area contributed by atoms with Gasteiger partial charge in [-0.2, -0.15) is 19.6 Å². The smallest absolute Gasteiger partial charge is 0.254 e. The van der Waals surface area contributed by atoms with Gasteiger partial charge in [0.1, 0.15) is 0 Å². The van der Waals surface area contributed by atoms with Crippen molar-refractivity contribution in [1.29, 1.82) is 0 Å². The van der Waals surface area contributed by atoms with Gasteiger partial charge < -0.3 is 15.2 Å². The molecule has 11 heteroatoms. The predicted octanol–water partition coefficient (Wildman–Crippen LogP) is 0.474. The molecule has 1 saturated heterocycles. The molecule has 29 heavy (non-hydrogen) atoms. The number of nitrogens with one attached hydrogen (secondary N) is 3. The zero-order valence-electron chi connectivity index (χ0n) is 15.7. The fourth-order valence-corrected chi connectivity index (χ4v) is 3.11. The lowest BCUT2D eigenvalue weighted by atomic mass is 10.1. The first-order valence-corrected chi connectivity index (χ1v) is 9.33. The Hall–Kier alpha value is -3.76. The Kier molecular flexibility index (Phi) is 4.00. The highest BCUT2D eigenvalue weighted by Gasteiger charge is 2.26. The molecule has 0 aromatic carbocycles. The molecular formula is C18H19N9O2. The summed E-state index contributed by atoms with van der Waals surface area (Å²) < 4.78 is 3.54. The number of carbonyl (C=O) groups excluding carboxylic acids is 2. The van der Waals surface area contributed by atoms with Crippen LogP contribution in [0.4, 0.5) is 11.9 Å². The number of nitrogens with zero attached hydrogens (tertiary/aromatic N) is 6. The standard InChI is InChI=1S/C18H19N9O2/c1-26-9-19-7-13(26)8-20-17-24-15-11(4-10-5-14(28)23-16(10)29)6-21-27(15)18(25-17)22-12-2-3-12/h4,6-7,9,12H,2-3,5,8H2,1H3,(H,23,28,29)(H2,20,22,24,25)/b10-4+. The van der Waals surface area contributed by atoms with Gasteiger partial charge in [-0.1, -0.05) is 0 Å². The van der Waals surface area contributed by atoms with Crippen molar-refractivity contribution in [2.75, 3.05) is 10.6 Å². The second-order valence-corrected chi connectivity index (χ2v) is 7.20. The molecule has 2 aliphatic rings. The molecule has 148 valence electrons. The van der Waals surface area contributed by atoms with Crippen molar-refractivity contribution in [1.82, 2.24) is 34.4 Å². The lowest BCUT2D eigenvalue weighted by Gasteiger charge is -2.10. The Morgan fingerprint density at radius 2 is 2.14 bits per heavy atom. The first-order chi connectivity index (χ1) is 14.1. The number of hydrogen-bond donors (Lipinski definition) is 3. The van der Waals surface area contributed by atoms with E-state index in [9.17, 15) is 9.59 Å². The molecule has 4 heterocycles. The highest BCUT2D eigenvalue weighted by molar-refractivity contribution is 6.15. The van der Waals surface area contributed by atoms with Crippen molar-refractivity contribution in [3.05, 3.63) is 35.6 Å². The summed E-state index contributed by atoms with van der Waals surface area (Å²) in [6, 6.07) is 0.377. The normalized spacial score (nSPS) is 17.9. The van der Waals surface area contributed by atoms with Crippen LogP contribution in [0.2, 0.25) is 0 Å². The van der Waals surface area contributed by atoms with Crippen LogP contribution in [-0.2, 0) is 23.2 Å². The van der Waals surface area contributed by atoms with Crippen LogP contribution >= 0.6 is 0 Å². The number of anilines is 2. The van der Waals surface area contributed by atoms with Gasteiger partial charge in [0.25, 0.3) is 5.91 Å². The van der Waals surface area contributed by atoms with Crippen LogP contribution in [0, 0.1) is 0 Å². The quantitative estimate of drug-likeness (QED) is 0.407. The fraction of sp³-hybridized carbons (Fsp3) is 0.333. The van der Waals surface area contributed by atoms with Crippen LogP contribution < -0.4 is 16.0 Å². The minimum absolute atomic E-state index is 0.0556. The third kappa shape index (κ3) is 3.42. The van der Waals surface area contributed by atoms with E-state index in [1.165, 1.54) is 0 Å². The largest absolute Gasteiger partial charge is 0.351 e. The molecule has 11 nitrogen and oxygen atoms in total. The van der Waals surface area contributed by atoms with Gasteiger partial charge in [-0.05, 0) is 18.9 Å². The molecule has 3 aromatic heterocycles. The molecule has 0 radical (unpaired) electrons. The molecule has 0 atom stereocenters. The number of fused-ring (bicyclic) bond motifs is 1. The van der Waals surface area contributed by atoms with E-state index >= 15 is 0 Å². The Morgan fingerprint density at radius 1 is 1.28 bits per heavy atom. The van der Waals surface area contributed by atoms with E-state index in [2.05, 4.69) is 36.0 Å². The van der Waals surface area contributed by atoms with E-state index in [1.807, 2.05) is 11.6 Å². The van der Waals surface area contributed by atoms with Gasteiger partial charge in [0.05, 0.1) is 31.2 Å². The lowest BCUT2D eigenvalue weighted by molar-refractivity contribution is -0.124. The second-order valence-electron chi connectivity index (χ2n) is 7.20. The number of aromatic nitrogens is 6. The number of carbonyl (C=O) groups is 2. The highest BCUT2D eigenvalue weighted by atomic mass is 16.2. The summed E-state index contributed by atoms with van der Waals surface area (Å²) in [5.41, 5.74) is 2.58. The summed E-state index contributed by atoms with van der Waals surface area (Å²) in [4.78, 5) is 36.6. The minimum Gasteiger partial charge on any atom is -0.351 e. The van der Waals surface area contributed by atoms with Crippen LogP contribution in [0.3, 0.4) is 0 Å². The van der Waals surface area contributed by atoms with Crippen LogP contribution in [0.1, 0.15) is 30.5 Å². The minimum atomic E-state index is -0.380. The summed E-state index contributed by atoms with van der Waals surface area (Å²) >= 11 is 0. The van der Waals surface area contributed by atoms with E-state index in [0.29, 0.717) is 41.3 Å². The van der Waals surface area contributed by atoms with E-state index in [0.717, 1.165) is 18.5 Å². The molecule has 1 aliphatic carbocycles. The average Bonchev–Trinajstić information content (AvgIpc) is 3.11. The van der Waals surface area contributed by atoms with E-state index in [-0.39, 0.29) is 18.2 Å². The Bertz CT molecular complexity index is 1160. The van der Waals surface area contributed by atoms with Gasteiger partial charge in [0, 0.05) is 30.4 Å². The van der Waals surface area contributed by atoms with Crippen LogP contribution in [0.25, 0.3) is 11.7 Å². The van der Waals surface area contributed by atoms with E-state index < -0.39 is 0 Å². The Balaban J connectivity index is 1.51. The number of rotatable bonds is 6. The number of aryl methyl sites for hydroxylation is 1. The van der Waals surface area contributed by atoms with Crippen molar-refractivity contribution in [3.8, 4) is 0 Å². The summed E-state index contributed by atoms with van der Waals surface area (Å²) in [7, 11) is 1.92. The molecule has 1 aliphatic heterocycles. The van der Waals surface area contributed by atoms with Gasteiger partial charge in [-0.15, -0.1) is 0 Å². The lowest BCUT2D eigenvalue weighted by Crippen LogP contribution is -2.19. The number of imidazole rings is 1. The van der Waals surface area contributed by atoms with Gasteiger partial charge in [0.15, 0.2) is 5.65 Å². The van der Waals surface area contributed by atoms with Crippen molar-refractivity contribution in [3.63, 3.8) is 0 Å². The first kappa shape index (κ1) is 17.3. The fourth-order valence-electron chi connectivity index (χ4n) is 3.11. The predicted molar refractivity (Wildman–Crippen MR) is 104 cm³/mol. The summed E-state index contributed by atoms with van der Waals surface area (Å²) in [6.07, 6.45) is 9.01. The SMILES string of the molecule is Cn1cncc1CNc1nc(NC2CC2)n2ncc(/C=C3\CC(=O)NC3=O)c2n1. The van der Waals surface area contributed by atoms with Crippen molar-refractivity contribution in [2.24, 2.45) is 7.05 Å². The number of amides is 2. The van der Waals surface area contributed by atoms with Gasteiger partial charge in [-0.3, -0.25) is 14.9 Å². The molecule has 2 amide bonds. The molecule has 0 unspecified atom stereocenters. The van der Waals surface area contributed by atoms with Crippen LogP contribution in [-0.4, -0.2) is 47.0 Å². The third-order valence-corrected chi connectivity index (χ3v) is 4.88. The molecule has 2 fully saturated rings. The summed E-state index contributed by atoms with van der Waals surface area (Å²) in [5.74, 6) is 0.340. The Labute approximate surface area is 165 Å².